The highest BCUT2D eigenvalue weighted by molar-refractivity contribution is 7.64. The van der Waals surface area contributed by atoms with Crippen LogP contribution in [0.25, 0.3) is 0 Å². The van der Waals surface area contributed by atoms with Crippen molar-refractivity contribution in [3.8, 4) is 0 Å². The molecule has 0 unspecified atom stereocenters. The van der Waals surface area contributed by atoms with Gasteiger partial charge < -0.3 is 4.57 Å². The van der Waals surface area contributed by atoms with Crippen molar-refractivity contribution in [2.24, 2.45) is 0 Å². The Morgan fingerprint density at radius 2 is 2.28 bits per heavy atom. The highest BCUT2D eigenvalue weighted by Crippen LogP contribution is 2.19. The molecule has 0 saturated carbocycles. The molecule has 0 fully saturated rings. The molecule has 1 aromatic heterocycles. The molecule has 94 valence electrons. The van der Waals surface area contributed by atoms with Crippen molar-refractivity contribution in [1.82, 2.24) is 9.55 Å². The van der Waals surface area contributed by atoms with Gasteiger partial charge in [-0.3, -0.25) is 0 Å². The van der Waals surface area contributed by atoms with E-state index >= 15 is 0 Å². The first-order valence-electron chi connectivity index (χ1n) is 5.70. The zero-order valence-electron chi connectivity index (χ0n) is 10.1. The van der Waals surface area contributed by atoms with Gasteiger partial charge in [-0.2, -0.15) is 0 Å². The SMILES string of the molecule is Cc1nccn1CCc1ccc(C[S+]=O)cc1Cl. The van der Waals surface area contributed by atoms with Crippen LogP contribution in [0.3, 0.4) is 0 Å². The molecule has 18 heavy (non-hydrogen) atoms. The normalized spacial score (nSPS) is 10.6. The van der Waals surface area contributed by atoms with Crippen LogP contribution in [0.15, 0.2) is 30.6 Å². The highest BCUT2D eigenvalue weighted by atomic mass is 35.5. The van der Waals surface area contributed by atoms with Crippen molar-refractivity contribution < 1.29 is 4.21 Å². The van der Waals surface area contributed by atoms with E-state index in [4.69, 9.17) is 11.6 Å². The molecular weight excluding hydrogens is 268 g/mol. The first-order valence-corrected chi connectivity index (χ1v) is 6.99. The molecule has 0 saturated heterocycles. The minimum Gasteiger partial charge on any atom is -0.335 e. The van der Waals surface area contributed by atoms with Gasteiger partial charge in [-0.1, -0.05) is 23.7 Å². The second-order valence-electron chi connectivity index (χ2n) is 4.11. The Kier molecular flexibility index (Phi) is 4.44. The lowest BCUT2D eigenvalue weighted by Crippen LogP contribution is -2.03. The maximum Gasteiger partial charge on any atom is 0.463 e. The predicted octanol–water partition coefficient (Wildman–Crippen LogP) is 3.02. The number of imidazole rings is 1. The summed E-state index contributed by atoms with van der Waals surface area (Å²) in [6, 6.07) is 5.84. The molecule has 2 aromatic rings. The summed E-state index contributed by atoms with van der Waals surface area (Å²) in [6.45, 7) is 2.84. The van der Waals surface area contributed by atoms with Crippen LogP contribution in [0.5, 0.6) is 0 Å². The van der Waals surface area contributed by atoms with Crippen molar-refractivity contribution in [1.29, 1.82) is 0 Å². The summed E-state index contributed by atoms with van der Waals surface area (Å²) >= 11 is 6.77. The fourth-order valence-corrected chi connectivity index (χ4v) is 2.45. The van der Waals surface area contributed by atoms with Gasteiger partial charge in [-0.25, -0.2) is 4.98 Å². The zero-order chi connectivity index (χ0) is 13.0. The maximum absolute atomic E-state index is 10.5. The predicted molar refractivity (Wildman–Crippen MR) is 73.9 cm³/mol. The van der Waals surface area contributed by atoms with Crippen LogP contribution >= 0.6 is 11.6 Å². The van der Waals surface area contributed by atoms with E-state index in [1.54, 1.807) is 6.20 Å². The number of rotatable bonds is 5. The third-order valence-electron chi connectivity index (χ3n) is 2.89. The minimum atomic E-state index is 0.459. The zero-order valence-corrected chi connectivity index (χ0v) is 11.7. The Balaban J connectivity index is 2.06. The largest absolute Gasteiger partial charge is 0.463 e. The van der Waals surface area contributed by atoms with E-state index in [0.717, 1.165) is 34.9 Å². The average Bonchev–Trinajstić information content (AvgIpc) is 2.74. The maximum atomic E-state index is 10.5. The van der Waals surface area contributed by atoms with E-state index in [1.165, 1.54) is 0 Å². The van der Waals surface area contributed by atoms with Gasteiger partial charge in [0.25, 0.3) is 5.75 Å². The van der Waals surface area contributed by atoms with E-state index in [1.807, 2.05) is 31.3 Å². The summed E-state index contributed by atoms with van der Waals surface area (Å²) in [5, 5.41) is 0.735. The van der Waals surface area contributed by atoms with Crippen LogP contribution in [0.4, 0.5) is 0 Å². The lowest BCUT2D eigenvalue weighted by Gasteiger charge is -2.07. The summed E-state index contributed by atoms with van der Waals surface area (Å²) in [4.78, 5) is 4.18. The minimum absolute atomic E-state index is 0.459. The fraction of sp³-hybridized carbons (Fsp3) is 0.308. The van der Waals surface area contributed by atoms with Gasteiger partial charge in [0.15, 0.2) is 0 Å². The second kappa shape index (κ2) is 6.07. The van der Waals surface area contributed by atoms with Gasteiger partial charge in [0.1, 0.15) is 5.82 Å². The molecule has 1 aromatic carbocycles. The molecule has 0 aliphatic carbocycles. The number of benzene rings is 1. The molecule has 0 aliphatic rings. The molecule has 2 rings (SSSR count). The fourth-order valence-electron chi connectivity index (χ4n) is 1.83. The summed E-state index contributed by atoms with van der Waals surface area (Å²) < 4.78 is 12.6. The number of halogens is 1. The standard InChI is InChI=1S/C13H14ClN2OS/c1-10-15-5-7-16(10)6-4-12-3-2-11(9-18-17)8-13(12)14/h2-3,5,7-8H,4,6,9H2,1H3/q+1. The number of hydrogen-bond donors (Lipinski definition) is 0. The summed E-state index contributed by atoms with van der Waals surface area (Å²) in [5.41, 5.74) is 2.08. The number of aromatic nitrogens is 2. The lowest BCUT2D eigenvalue weighted by molar-refractivity contribution is 0.604. The van der Waals surface area contributed by atoms with Crippen LogP contribution in [-0.4, -0.2) is 9.55 Å². The van der Waals surface area contributed by atoms with Crippen molar-refractivity contribution >= 4 is 23.3 Å². The Labute approximate surface area is 115 Å². The molecular formula is C13H14ClN2OS+. The van der Waals surface area contributed by atoms with Gasteiger partial charge in [0.2, 0.25) is 0 Å². The van der Waals surface area contributed by atoms with E-state index < -0.39 is 0 Å². The van der Waals surface area contributed by atoms with Gasteiger partial charge >= 0.3 is 11.7 Å². The Hall–Kier alpha value is -1.26. The van der Waals surface area contributed by atoms with Crippen LogP contribution in [0.2, 0.25) is 5.02 Å². The van der Waals surface area contributed by atoms with Crippen LogP contribution in [0, 0.1) is 6.92 Å². The van der Waals surface area contributed by atoms with Gasteiger partial charge in [0, 0.05) is 33.7 Å². The number of hydrogen-bond acceptors (Lipinski definition) is 2. The van der Waals surface area contributed by atoms with Crippen LogP contribution < -0.4 is 0 Å². The molecule has 0 bridgehead atoms. The lowest BCUT2D eigenvalue weighted by atomic mass is 10.1. The van der Waals surface area contributed by atoms with Crippen molar-refractivity contribution in [3.63, 3.8) is 0 Å². The first kappa shape index (κ1) is 13.2. The summed E-state index contributed by atoms with van der Waals surface area (Å²) in [5.74, 6) is 1.46. The molecule has 0 amide bonds. The molecule has 0 atom stereocenters. The van der Waals surface area contributed by atoms with Crippen molar-refractivity contribution in [3.05, 3.63) is 52.6 Å². The third-order valence-corrected chi connectivity index (χ3v) is 3.69. The number of nitrogens with zero attached hydrogens (tertiary/aromatic N) is 2. The van der Waals surface area contributed by atoms with E-state index in [-0.39, 0.29) is 0 Å². The monoisotopic (exact) mass is 281 g/mol. The molecule has 1 heterocycles. The second-order valence-corrected chi connectivity index (χ2v) is 5.04. The summed E-state index contributed by atoms with van der Waals surface area (Å²) in [7, 11) is 0. The molecule has 5 heteroatoms. The molecule has 0 aliphatic heterocycles. The van der Waals surface area contributed by atoms with E-state index in [0.29, 0.717) is 17.4 Å². The van der Waals surface area contributed by atoms with Crippen LogP contribution in [0.1, 0.15) is 17.0 Å². The summed E-state index contributed by atoms with van der Waals surface area (Å²) in [6.07, 6.45) is 4.62. The van der Waals surface area contributed by atoms with E-state index in [9.17, 15) is 4.21 Å². The van der Waals surface area contributed by atoms with Crippen molar-refractivity contribution in [2.45, 2.75) is 25.6 Å². The Morgan fingerprint density at radius 1 is 1.44 bits per heavy atom. The molecule has 0 spiro atoms. The third kappa shape index (κ3) is 3.15. The topological polar surface area (TPSA) is 34.9 Å². The van der Waals surface area contributed by atoms with Gasteiger partial charge in [-0.15, -0.1) is 0 Å². The first-order chi connectivity index (χ1) is 8.70. The Bertz CT molecular complexity index is 554. The van der Waals surface area contributed by atoms with Gasteiger partial charge in [0.05, 0.1) is 0 Å². The number of aryl methyl sites for hydroxylation is 3. The molecule has 3 nitrogen and oxygen atoms in total. The molecule has 0 radical (unpaired) electrons. The quantitative estimate of drug-likeness (QED) is 0.790. The van der Waals surface area contributed by atoms with Crippen molar-refractivity contribution in [2.75, 3.05) is 0 Å². The highest BCUT2D eigenvalue weighted by Gasteiger charge is 2.07. The smallest absolute Gasteiger partial charge is 0.335 e. The van der Waals surface area contributed by atoms with Crippen LogP contribution in [-0.2, 0) is 34.6 Å². The van der Waals surface area contributed by atoms with E-state index in [2.05, 4.69) is 9.55 Å². The molecule has 0 N–H and O–H groups in total. The Morgan fingerprint density at radius 3 is 2.89 bits per heavy atom. The average molecular weight is 282 g/mol. The van der Waals surface area contributed by atoms with Gasteiger partial charge in [-0.05, 0) is 25.0 Å².